The number of hydrogen-bond acceptors (Lipinski definition) is 5. The number of halogens is 1. The molecule has 1 fully saturated rings. The lowest BCUT2D eigenvalue weighted by molar-refractivity contribution is 0.0954. The van der Waals surface area contributed by atoms with E-state index in [9.17, 15) is 9.18 Å². The number of piperidine rings is 1. The molecule has 7 heteroatoms. The molecule has 1 aromatic carbocycles. The van der Waals surface area contributed by atoms with Gasteiger partial charge in [0.15, 0.2) is 0 Å². The van der Waals surface area contributed by atoms with Crippen LogP contribution in [0, 0.1) is 12.7 Å². The molecule has 0 atom stereocenters. The van der Waals surface area contributed by atoms with Crippen LogP contribution < -0.4 is 15.5 Å². The SMILES string of the molecule is Cc1cc(N2CCCCC2)nc(NCCNC(=O)c2cccc(F)c2)n1. The highest BCUT2D eigenvalue weighted by Gasteiger charge is 2.13. The average molecular weight is 357 g/mol. The van der Waals surface area contributed by atoms with E-state index in [0.717, 1.165) is 24.6 Å². The van der Waals surface area contributed by atoms with Crippen molar-refractivity contribution < 1.29 is 9.18 Å². The van der Waals surface area contributed by atoms with E-state index in [0.29, 0.717) is 24.6 Å². The molecule has 138 valence electrons. The summed E-state index contributed by atoms with van der Waals surface area (Å²) in [7, 11) is 0. The van der Waals surface area contributed by atoms with Gasteiger partial charge in [0.05, 0.1) is 0 Å². The molecule has 3 rings (SSSR count). The third-order valence-electron chi connectivity index (χ3n) is 4.30. The number of carbonyl (C=O) groups is 1. The van der Waals surface area contributed by atoms with Crippen molar-refractivity contribution in [2.45, 2.75) is 26.2 Å². The minimum absolute atomic E-state index is 0.300. The maximum atomic E-state index is 13.2. The van der Waals surface area contributed by atoms with Crippen molar-refractivity contribution in [3.8, 4) is 0 Å². The fraction of sp³-hybridized carbons (Fsp3) is 0.421. The number of hydrogen-bond donors (Lipinski definition) is 2. The highest BCUT2D eigenvalue weighted by molar-refractivity contribution is 5.94. The van der Waals surface area contributed by atoms with Crippen LogP contribution in [0.3, 0.4) is 0 Å². The number of amides is 1. The van der Waals surface area contributed by atoms with E-state index >= 15 is 0 Å². The lowest BCUT2D eigenvalue weighted by Crippen LogP contribution is -2.31. The third-order valence-corrected chi connectivity index (χ3v) is 4.30. The average Bonchev–Trinajstić information content (AvgIpc) is 2.65. The predicted octanol–water partition coefficient (Wildman–Crippen LogP) is 2.76. The van der Waals surface area contributed by atoms with Gasteiger partial charge < -0.3 is 15.5 Å². The molecule has 6 nitrogen and oxygen atoms in total. The van der Waals surface area contributed by atoms with E-state index < -0.39 is 5.82 Å². The second-order valence-corrected chi connectivity index (χ2v) is 6.43. The highest BCUT2D eigenvalue weighted by Crippen LogP contribution is 2.19. The number of nitrogens with zero attached hydrogens (tertiary/aromatic N) is 3. The molecular weight excluding hydrogens is 333 g/mol. The van der Waals surface area contributed by atoms with Crippen LogP contribution >= 0.6 is 0 Å². The first-order valence-corrected chi connectivity index (χ1v) is 9.00. The Labute approximate surface area is 152 Å². The van der Waals surface area contributed by atoms with Gasteiger partial charge in [-0.3, -0.25) is 4.79 Å². The fourth-order valence-electron chi connectivity index (χ4n) is 3.00. The molecule has 0 saturated carbocycles. The number of aryl methyl sites for hydroxylation is 1. The number of rotatable bonds is 6. The predicted molar refractivity (Wildman–Crippen MR) is 100 cm³/mol. The lowest BCUT2D eigenvalue weighted by Gasteiger charge is -2.28. The van der Waals surface area contributed by atoms with E-state index in [1.54, 1.807) is 6.07 Å². The summed E-state index contributed by atoms with van der Waals surface area (Å²) < 4.78 is 13.2. The van der Waals surface area contributed by atoms with Gasteiger partial charge in [-0.1, -0.05) is 6.07 Å². The normalized spacial score (nSPS) is 14.2. The summed E-state index contributed by atoms with van der Waals surface area (Å²) in [6.45, 7) is 4.89. The summed E-state index contributed by atoms with van der Waals surface area (Å²) in [5.41, 5.74) is 1.22. The smallest absolute Gasteiger partial charge is 0.251 e. The van der Waals surface area contributed by atoms with E-state index in [1.807, 2.05) is 13.0 Å². The van der Waals surface area contributed by atoms with Gasteiger partial charge in [-0.05, 0) is 44.4 Å². The van der Waals surface area contributed by atoms with E-state index in [-0.39, 0.29) is 5.91 Å². The van der Waals surface area contributed by atoms with E-state index in [4.69, 9.17) is 0 Å². The van der Waals surface area contributed by atoms with Crippen LogP contribution in [0.1, 0.15) is 35.3 Å². The first-order chi connectivity index (χ1) is 12.6. The summed E-state index contributed by atoms with van der Waals surface area (Å²) in [5.74, 6) is 0.786. The molecule has 1 amide bonds. The zero-order chi connectivity index (χ0) is 18.4. The minimum Gasteiger partial charge on any atom is -0.356 e. The van der Waals surface area contributed by atoms with Gasteiger partial charge >= 0.3 is 0 Å². The molecule has 2 N–H and O–H groups in total. The van der Waals surface area contributed by atoms with Gasteiger partial charge in [-0.15, -0.1) is 0 Å². The largest absolute Gasteiger partial charge is 0.356 e. The molecule has 1 aliphatic rings. The van der Waals surface area contributed by atoms with Crippen molar-refractivity contribution >= 4 is 17.7 Å². The quantitative estimate of drug-likeness (QED) is 0.778. The number of anilines is 2. The van der Waals surface area contributed by atoms with Crippen LogP contribution in [-0.4, -0.2) is 42.1 Å². The van der Waals surface area contributed by atoms with Crippen LogP contribution in [0.25, 0.3) is 0 Å². The minimum atomic E-state index is -0.422. The Hall–Kier alpha value is -2.70. The molecule has 0 spiro atoms. The zero-order valence-electron chi connectivity index (χ0n) is 15.0. The summed E-state index contributed by atoms with van der Waals surface area (Å²) >= 11 is 0. The maximum absolute atomic E-state index is 13.2. The van der Waals surface area contributed by atoms with Crippen molar-refractivity contribution in [1.82, 2.24) is 15.3 Å². The zero-order valence-corrected chi connectivity index (χ0v) is 15.0. The molecule has 26 heavy (non-hydrogen) atoms. The monoisotopic (exact) mass is 357 g/mol. The summed E-state index contributed by atoms with van der Waals surface area (Å²) in [5, 5.41) is 5.90. The maximum Gasteiger partial charge on any atom is 0.251 e. The summed E-state index contributed by atoms with van der Waals surface area (Å²) in [6.07, 6.45) is 3.66. The van der Waals surface area contributed by atoms with Crippen LogP contribution in [0.15, 0.2) is 30.3 Å². The second-order valence-electron chi connectivity index (χ2n) is 6.43. The van der Waals surface area contributed by atoms with Crippen molar-refractivity contribution in [1.29, 1.82) is 0 Å². The Morgan fingerprint density at radius 3 is 2.73 bits per heavy atom. The van der Waals surface area contributed by atoms with Crippen molar-refractivity contribution in [2.24, 2.45) is 0 Å². The molecular formula is C19H24FN5O. The van der Waals surface area contributed by atoms with Gasteiger partial charge in [0.25, 0.3) is 5.91 Å². The Morgan fingerprint density at radius 1 is 1.15 bits per heavy atom. The molecule has 0 aliphatic carbocycles. The van der Waals surface area contributed by atoms with Gasteiger partial charge in [0.2, 0.25) is 5.95 Å². The van der Waals surface area contributed by atoms with E-state index in [1.165, 1.54) is 37.5 Å². The molecule has 1 saturated heterocycles. The molecule has 1 aliphatic heterocycles. The molecule has 0 unspecified atom stereocenters. The Morgan fingerprint density at radius 2 is 1.96 bits per heavy atom. The molecule has 0 radical (unpaired) electrons. The molecule has 0 bridgehead atoms. The number of aromatic nitrogens is 2. The fourth-order valence-corrected chi connectivity index (χ4v) is 3.00. The Kier molecular flexibility index (Phi) is 5.99. The van der Waals surface area contributed by atoms with Gasteiger partial charge in [-0.25, -0.2) is 9.37 Å². The van der Waals surface area contributed by atoms with Crippen LogP contribution in [0.2, 0.25) is 0 Å². The third kappa shape index (κ3) is 4.91. The van der Waals surface area contributed by atoms with Crippen LogP contribution in [0.4, 0.5) is 16.2 Å². The number of nitrogens with one attached hydrogen (secondary N) is 2. The van der Waals surface area contributed by atoms with E-state index in [2.05, 4.69) is 25.5 Å². The van der Waals surface area contributed by atoms with Gasteiger partial charge in [0.1, 0.15) is 11.6 Å². The summed E-state index contributed by atoms with van der Waals surface area (Å²) in [6, 6.07) is 7.64. The standard InChI is InChI=1S/C19H24FN5O/c1-14-12-17(25-10-3-2-4-11-25)24-19(23-14)22-9-8-21-18(26)15-6-5-7-16(20)13-15/h5-7,12-13H,2-4,8-11H2,1H3,(H,21,26)(H,22,23,24). The highest BCUT2D eigenvalue weighted by atomic mass is 19.1. The number of carbonyl (C=O) groups excluding carboxylic acids is 1. The van der Waals surface area contributed by atoms with Crippen LogP contribution in [0.5, 0.6) is 0 Å². The van der Waals surface area contributed by atoms with Gasteiger partial charge in [0, 0.05) is 43.5 Å². The molecule has 2 heterocycles. The first kappa shape index (κ1) is 18.1. The lowest BCUT2D eigenvalue weighted by atomic mass is 10.1. The van der Waals surface area contributed by atoms with Crippen molar-refractivity contribution in [3.63, 3.8) is 0 Å². The van der Waals surface area contributed by atoms with Crippen LogP contribution in [-0.2, 0) is 0 Å². The van der Waals surface area contributed by atoms with Crippen molar-refractivity contribution in [3.05, 3.63) is 47.4 Å². The Balaban J connectivity index is 1.51. The van der Waals surface area contributed by atoms with Gasteiger partial charge in [-0.2, -0.15) is 4.98 Å². The molecule has 1 aromatic heterocycles. The molecule has 2 aromatic rings. The van der Waals surface area contributed by atoms with Crippen molar-refractivity contribution in [2.75, 3.05) is 36.4 Å². The topological polar surface area (TPSA) is 70.2 Å². The number of benzene rings is 1. The Bertz CT molecular complexity index is 761. The first-order valence-electron chi connectivity index (χ1n) is 9.00. The summed E-state index contributed by atoms with van der Waals surface area (Å²) in [4.78, 5) is 23.3. The second kappa shape index (κ2) is 8.60.